The lowest BCUT2D eigenvalue weighted by atomic mass is 9.98. The third-order valence-corrected chi connectivity index (χ3v) is 5.77. The van der Waals surface area contributed by atoms with Crippen LogP contribution in [-0.2, 0) is 25.9 Å². The van der Waals surface area contributed by atoms with Gasteiger partial charge in [-0.3, -0.25) is 4.79 Å². The first-order chi connectivity index (χ1) is 11.2. The number of methoxy groups -OCH3 is 1. The van der Waals surface area contributed by atoms with E-state index in [0.717, 1.165) is 40.7 Å². The van der Waals surface area contributed by atoms with Gasteiger partial charge in [0.05, 0.1) is 23.9 Å². The van der Waals surface area contributed by atoms with E-state index in [1.165, 1.54) is 13.4 Å². The number of hydrogen-bond acceptors (Lipinski definition) is 4. The predicted octanol–water partition coefficient (Wildman–Crippen LogP) is 3.13. The molecule has 0 N–H and O–H groups in total. The molecule has 1 unspecified atom stereocenters. The van der Waals surface area contributed by atoms with E-state index in [1.807, 2.05) is 6.92 Å². The molecule has 0 bridgehead atoms. The minimum atomic E-state index is -3.31. The Bertz CT molecular complexity index is 953. The molecule has 5 nitrogen and oxygen atoms in total. The second kappa shape index (κ2) is 5.77. The summed E-state index contributed by atoms with van der Waals surface area (Å²) in [5, 5.41) is 0.986. The first-order valence-electron chi connectivity index (χ1n) is 7.82. The van der Waals surface area contributed by atoms with Gasteiger partial charge in [-0.05, 0) is 37.1 Å². The van der Waals surface area contributed by atoms with Crippen molar-refractivity contribution in [1.29, 1.82) is 0 Å². The number of carbonyl (C=O) groups excluding carboxylic acids is 1. The second-order valence-corrected chi connectivity index (χ2v) is 8.46. The van der Waals surface area contributed by atoms with Crippen LogP contribution < -0.4 is 0 Å². The normalized spacial score (nSPS) is 17.0. The van der Waals surface area contributed by atoms with Crippen molar-refractivity contribution in [2.75, 3.05) is 13.4 Å². The fourth-order valence-corrected chi connectivity index (χ4v) is 4.09. The maximum Gasteiger partial charge on any atom is 0.306 e. The van der Waals surface area contributed by atoms with E-state index in [4.69, 9.17) is 4.74 Å². The Balaban J connectivity index is 2.21. The van der Waals surface area contributed by atoms with E-state index in [-0.39, 0.29) is 11.9 Å². The Hall–Kier alpha value is -2.08. The molecule has 128 valence electrons. The lowest BCUT2D eigenvalue weighted by Gasteiger charge is -2.08. The van der Waals surface area contributed by atoms with Crippen LogP contribution in [0.25, 0.3) is 16.5 Å². The molecule has 1 aromatic heterocycles. The minimum absolute atomic E-state index is 0.101. The third-order valence-electron chi connectivity index (χ3n) is 4.67. The maximum atomic E-state index is 12.0. The molecule has 2 aromatic rings. The van der Waals surface area contributed by atoms with Crippen molar-refractivity contribution in [3.8, 4) is 0 Å². The Morgan fingerprint density at radius 2 is 2.08 bits per heavy atom. The predicted molar refractivity (Wildman–Crippen MR) is 93.7 cm³/mol. The Morgan fingerprint density at radius 3 is 2.67 bits per heavy atom. The molecule has 1 atom stereocenters. The van der Waals surface area contributed by atoms with E-state index in [0.29, 0.717) is 11.3 Å². The molecular weight excluding hydrogens is 326 g/mol. The zero-order valence-electron chi connectivity index (χ0n) is 14.1. The first-order valence-corrected chi connectivity index (χ1v) is 9.71. The van der Waals surface area contributed by atoms with Crippen LogP contribution in [0.15, 0.2) is 29.7 Å². The highest BCUT2D eigenvalue weighted by atomic mass is 32.2. The Labute approximate surface area is 141 Å². The number of nitrogens with zero attached hydrogens (tertiary/aromatic N) is 1. The number of sulfone groups is 1. The highest BCUT2D eigenvalue weighted by Gasteiger charge is 2.28. The maximum absolute atomic E-state index is 12.0. The van der Waals surface area contributed by atoms with Gasteiger partial charge >= 0.3 is 5.97 Å². The molecule has 0 fully saturated rings. The summed E-state index contributed by atoms with van der Waals surface area (Å²) in [6, 6.07) is 5.47. The summed E-state index contributed by atoms with van der Waals surface area (Å²) < 4.78 is 30.9. The quantitative estimate of drug-likeness (QED) is 0.797. The summed E-state index contributed by atoms with van der Waals surface area (Å²) in [4.78, 5) is 11.9. The number of ether oxygens (including phenoxy) is 1. The molecular formula is C18H21NO4S. The van der Waals surface area contributed by atoms with Crippen LogP contribution in [0.2, 0.25) is 0 Å². The van der Waals surface area contributed by atoms with E-state index in [2.05, 4.69) is 17.2 Å². The van der Waals surface area contributed by atoms with Crippen molar-refractivity contribution in [1.82, 2.24) is 4.57 Å². The number of hydrogen-bond donors (Lipinski definition) is 0. The van der Waals surface area contributed by atoms with Gasteiger partial charge in [0.15, 0.2) is 9.84 Å². The van der Waals surface area contributed by atoms with Gasteiger partial charge in [0.1, 0.15) is 0 Å². The summed E-state index contributed by atoms with van der Waals surface area (Å²) in [6.07, 6.45) is 2.41. The molecule has 2 heterocycles. The van der Waals surface area contributed by atoms with Crippen molar-refractivity contribution >= 4 is 32.3 Å². The van der Waals surface area contributed by atoms with Crippen LogP contribution in [0.4, 0.5) is 0 Å². The van der Waals surface area contributed by atoms with Gasteiger partial charge in [-0.1, -0.05) is 12.2 Å². The molecule has 3 rings (SSSR count). The van der Waals surface area contributed by atoms with Crippen molar-refractivity contribution in [2.45, 2.75) is 37.1 Å². The van der Waals surface area contributed by atoms with E-state index in [9.17, 15) is 13.2 Å². The summed E-state index contributed by atoms with van der Waals surface area (Å²) >= 11 is 0. The number of allylic oxidation sites excluding steroid dienone is 1. The monoisotopic (exact) mass is 347 g/mol. The van der Waals surface area contributed by atoms with Gasteiger partial charge in [0.25, 0.3) is 0 Å². The van der Waals surface area contributed by atoms with Crippen molar-refractivity contribution in [3.05, 3.63) is 36.0 Å². The average Bonchev–Trinajstić information content (AvgIpc) is 3.05. The largest absolute Gasteiger partial charge is 0.469 e. The zero-order valence-corrected chi connectivity index (χ0v) is 14.9. The highest BCUT2D eigenvalue weighted by Crippen LogP contribution is 2.39. The molecule has 1 aliphatic rings. The topological polar surface area (TPSA) is 65.4 Å². The van der Waals surface area contributed by atoms with E-state index < -0.39 is 9.84 Å². The van der Waals surface area contributed by atoms with E-state index >= 15 is 0 Å². The molecule has 0 saturated carbocycles. The molecule has 0 spiro atoms. The molecule has 1 aromatic carbocycles. The van der Waals surface area contributed by atoms with Gasteiger partial charge in [-0.25, -0.2) is 8.42 Å². The summed E-state index contributed by atoms with van der Waals surface area (Å²) in [5.41, 5.74) is 3.60. The molecule has 0 amide bonds. The number of benzene rings is 1. The van der Waals surface area contributed by atoms with Crippen molar-refractivity contribution in [3.63, 3.8) is 0 Å². The number of rotatable bonds is 4. The highest BCUT2D eigenvalue weighted by molar-refractivity contribution is 7.90. The minimum Gasteiger partial charge on any atom is -0.469 e. The van der Waals surface area contributed by atoms with Gasteiger partial charge < -0.3 is 9.30 Å². The van der Waals surface area contributed by atoms with E-state index in [1.54, 1.807) is 12.1 Å². The number of aromatic nitrogens is 1. The van der Waals surface area contributed by atoms with Crippen LogP contribution in [0, 0.1) is 0 Å². The zero-order chi connectivity index (χ0) is 17.6. The fourth-order valence-electron chi connectivity index (χ4n) is 3.43. The van der Waals surface area contributed by atoms with Gasteiger partial charge in [-0.15, -0.1) is 0 Å². The van der Waals surface area contributed by atoms with Gasteiger partial charge in [0.2, 0.25) is 0 Å². The van der Waals surface area contributed by atoms with Gasteiger partial charge in [-0.2, -0.15) is 0 Å². The van der Waals surface area contributed by atoms with Crippen molar-refractivity contribution < 1.29 is 17.9 Å². The summed E-state index contributed by atoms with van der Waals surface area (Å²) in [6.45, 7) is 6.62. The van der Waals surface area contributed by atoms with Gasteiger partial charge in [0, 0.05) is 29.8 Å². The molecule has 0 radical (unpaired) electrons. The smallest absolute Gasteiger partial charge is 0.306 e. The Kier molecular flexibility index (Phi) is 4.03. The summed E-state index contributed by atoms with van der Waals surface area (Å²) in [5.74, 6) is -0.125. The SMILES string of the molecule is C=C(C)c1cc(S(C)(=O)=O)cc2c1cc1n2CCC1CC(=O)OC. The number of carbonyl (C=O) groups is 1. The van der Waals surface area contributed by atoms with Crippen LogP contribution >= 0.6 is 0 Å². The summed E-state index contributed by atoms with van der Waals surface area (Å²) in [7, 11) is -1.92. The molecule has 24 heavy (non-hydrogen) atoms. The standard InChI is InChI=1S/C18H21NO4S/c1-11(2)14-8-13(24(4,21)22)9-17-15(14)10-16-12(5-6-19(16)17)7-18(20)23-3/h8-10,12H,1,5-7H2,2-4H3. The fraction of sp³-hybridized carbons (Fsp3) is 0.389. The lowest BCUT2D eigenvalue weighted by molar-refractivity contribution is -0.141. The molecule has 6 heteroatoms. The average molecular weight is 347 g/mol. The molecule has 1 aliphatic heterocycles. The van der Waals surface area contributed by atoms with Crippen LogP contribution in [-0.4, -0.2) is 32.3 Å². The van der Waals surface area contributed by atoms with Crippen LogP contribution in [0.1, 0.15) is 36.9 Å². The van der Waals surface area contributed by atoms with Crippen LogP contribution in [0.5, 0.6) is 0 Å². The lowest BCUT2D eigenvalue weighted by Crippen LogP contribution is -2.06. The number of aryl methyl sites for hydroxylation is 1. The Morgan fingerprint density at radius 1 is 1.38 bits per heavy atom. The first kappa shape index (κ1) is 16.8. The molecule has 0 saturated heterocycles. The molecule has 0 aliphatic carbocycles. The number of esters is 1. The van der Waals surface area contributed by atoms with Crippen LogP contribution in [0.3, 0.4) is 0 Å². The second-order valence-electron chi connectivity index (χ2n) is 6.44. The van der Waals surface area contributed by atoms with Crippen molar-refractivity contribution in [2.24, 2.45) is 0 Å². The number of fused-ring (bicyclic) bond motifs is 3. The third kappa shape index (κ3) is 2.75.